The number of aromatic nitrogens is 8. The van der Waals surface area contributed by atoms with Crippen molar-refractivity contribution in [3.63, 3.8) is 0 Å². The zero-order valence-electron chi connectivity index (χ0n) is 68.2. The first-order valence-electron chi connectivity index (χ1n) is 39.2. The summed E-state index contributed by atoms with van der Waals surface area (Å²) >= 11 is 6.14. The molecule has 9 rings (SSSR count). The van der Waals surface area contributed by atoms with Crippen molar-refractivity contribution in [1.29, 1.82) is 0 Å². The quantitative estimate of drug-likeness (QED) is 0.0184. The van der Waals surface area contributed by atoms with Crippen LogP contribution in [0.4, 0.5) is 45.9 Å². The molecule has 0 saturated carbocycles. The molecule has 5 aromatic heterocycles. The molecule has 0 aliphatic carbocycles. The van der Waals surface area contributed by atoms with Crippen LogP contribution >= 0.6 is 11.6 Å². The third-order valence-electron chi connectivity index (χ3n) is 18.8. The van der Waals surface area contributed by atoms with Gasteiger partial charge in [-0.2, -0.15) is 0 Å². The molecule has 0 bridgehead atoms. The number of ether oxygens (including phenoxy) is 5. The molecule has 638 valence electrons. The summed E-state index contributed by atoms with van der Waals surface area (Å²) in [4.78, 5) is 157. The minimum absolute atomic E-state index is 0.00403. The van der Waals surface area contributed by atoms with Crippen LogP contribution in [-0.2, 0) is 92.5 Å². The number of carbonyl (C=O) groups excluding carboxylic acids is 11. The van der Waals surface area contributed by atoms with Crippen molar-refractivity contribution in [2.24, 2.45) is 35.2 Å². The Labute approximate surface area is 694 Å². The molecular weight excluding hydrogens is 1560 g/mol. The Bertz CT molecular complexity index is 4780. The van der Waals surface area contributed by atoms with Crippen molar-refractivity contribution in [2.45, 2.75) is 83.7 Å². The molecule has 38 heteroatoms. The van der Waals surface area contributed by atoms with E-state index in [1.807, 2.05) is 72.6 Å². The van der Waals surface area contributed by atoms with E-state index in [0.717, 1.165) is 47.5 Å². The molecular formula is C81H106ClN21O16. The SMILES string of the molecule is CC(=O)N1c2ccc(-c3ccc(NC(=O)CCOCCOCCOCCOCCOCCC(=O)NCCCN(C)CCCNC(=O)CCNC(=O)c4nc(NC(=O)CCNC(=O)c5cc(NC(=O)c6nc(NC(=O)CCC(=O)Nc7cc(NC(=O)c8nccn8C)cn7C)cn6C)cn5C)cn4C)cc3)cc2[C@H](Nc2ccc(Cl)cc2)C[C@@H]1C. The van der Waals surface area contributed by atoms with Gasteiger partial charge >= 0.3 is 0 Å². The molecule has 6 heterocycles. The van der Waals surface area contributed by atoms with E-state index < -0.39 is 41.4 Å². The van der Waals surface area contributed by atoms with Gasteiger partial charge in [-0.25, -0.2) is 15.0 Å². The zero-order valence-corrected chi connectivity index (χ0v) is 68.9. The Morgan fingerprint density at radius 1 is 0.454 bits per heavy atom. The standard InChI is InChI=1S/C81H106ClN21O16/c1-53-45-63(88-58-18-14-57(82)15-19-58)62-46-56(13-20-64(62)103(53)54(2)104)55-11-16-59(17-12-55)89-74(110)26-36-116-38-40-118-42-44-119-43-41-117-39-37-115-35-25-70(106)84-28-10-33-97(3)32-9-27-83-69(105)23-29-87-79(112)76-94-67(51-101(76)7)93-73(109)24-30-86-78(111)65-47-60(49-99(65)5)90-81(114)77-95-66(52-102(77)8)92-71(107)21-22-72(108)96-68-48-61(50-100(68)6)91-80(113)75-85-31-34-98(75)4/h11-20,31,34,46-53,63,88H,9-10,21-30,32-33,35-45H2,1-8H3,(H,83,105)(H,84,106)(H,86,111)(H,87,112)(H,89,110)(H,90,114)(H,91,113)(H,92,107)(H,93,109)(H,96,108)/t53-,63+/m0/s1. The van der Waals surface area contributed by atoms with Crippen LogP contribution in [0.25, 0.3) is 11.1 Å². The van der Waals surface area contributed by atoms with E-state index in [9.17, 15) is 52.7 Å². The number of halogens is 1. The van der Waals surface area contributed by atoms with Gasteiger partial charge in [0, 0.05) is 172 Å². The van der Waals surface area contributed by atoms with Gasteiger partial charge in [-0.05, 0) is 118 Å². The number of anilines is 8. The summed E-state index contributed by atoms with van der Waals surface area (Å²) in [5, 5.41) is 31.7. The summed E-state index contributed by atoms with van der Waals surface area (Å²) in [6.45, 7) is 9.41. The number of carbonyl (C=O) groups is 11. The Hall–Kier alpha value is -12.1. The predicted molar refractivity (Wildman–Crippen MR) is 447 cm³/mol. The van der Waals surface area contributed by atoms with E-state index in [1.165, 1.54) is 44.6 Å². The first kappa shape index (κ1) is 90.8. The average molecular weight is 1670 g/mol. The minimum Gasteiger partial charge on any atom is -0.379 e. The first-order chi connectivity index (χ1) is 57.2. The maximum Gasteiger partial charge on any atom is 0.291 e. The van der Waals surface area contributed by atoms with E-state index in [-0.39, 0.29) is 141 Å². The molecule has 0 fully saturated rings. The van der Waals surface area contributed by atoms with Gasteiger partial charge in [-0.1, -0.05) is 29.8 Å². The predicted octanol–water partition coefficient (Wildman–Crippen LogP) is 6.37. The van der Waals surface area contributed by atoms with Crippen molar-refractivity contribution in [1.82, 2.24) is 64.0 Å². The lowest BCUT2D eigenvalue weighted by molar-refractivity contribution is -0.122. The molecule has 11 amide bonds. The lowest BCUT2D eigenvalue weighted by Crippen LogP contribution is -2.43. The van der Waals surface area contributed by atoms with E-state index in [0.29, 0.717) is 101 Å². The normalized spacial score (nSPS) is 12.9. The van der Waals surface area contributed by atoms with Crippen molar-refractivity contribution in [3.8, 4) is 11.1 Å². The number of benzene rings is 3. The molecule has 8 aromatic rings. The van der Waals surface area contributed by atoms with Gasteiger partial charge in [0.1, 0.15) is 11.5 Å². The van der Waals surface area contributed by atoms with Crippen LogP contribution in [-0.4, -0.2) is 226 Å². The van der Waals surface area contributed by atoms with E-state index in [2.05, 4.69) is 91.3 Å². The van der Waals surface area contributed by atoms with Gasteiger partial charge < -0.3 is 115 Å². The number of imidazole rings is 3. The number of nitrogens with zero attached hydrogens (tertiary/aromatic N) is 10. The topological polar surface area (TPSA) is 436 Å². The smallest absolute Gasteiger partial charge is 0.291 e. The van der Waals surface area contributed by atoms with Gasteiger partial charge in [0.05, 0.1) is 89.9 Å². The molecule has 11 N–H and O–H groups in total. The van der Waals surface area contributed by atoms with Gasteiger partial charge in [0.15, 0.2) is 17.5 Å². The number of hydrogen-bond donors (Lipinski definition) is 11. The minimum atomic E-state index is -0.648. The largest absolute Gasteiger partial charge is 0.379 e. The monoisotopic (exact) mass is 1660 g/mol. The van der Waals surface area contributed by atoms with Crippen LogP contribution in [0.1, 0.15) is 126 Å². The molecule has 0 spiro atoms. The fourth-order valence-corrected chi connectivity index (χ4v) is 12.9. The number of amides is 11. The van der Waals surface area contributed by atoms with E-state index >= 15 is 0 Å². The highest BCUT2D eigenvalue weighted by molar-refractivity contribution is 6.30. The molecule has 3 aromatic carbocycles. The molecule has 2 atom stereocenters. The lowest BCUT2D eigenvalue weighted by Gasteiger charge is -2.39. The highest BCUT2D eigenvalue weighted by Crippen LogP contribution is 2.42. The fraction of sp³-hybridized carbons (Fsp3) is 0.432. The third-order valence-corrected chi connectivity index (χ3v) is 19.1. The van der Waals surface area contributed by atoms with Crippen LogP contribution < -0.4 is 63.4 Å². The van der Waals surface area contributed by atoms with Crippen LogP contribution in [0.2, 0.25) is 5.02 Å². The maximum absolute atomic E-state index is 13.3. The van der Waals surface area contributed by atoms with Crippen molar-refractivity contribution in [2.75, 3.05) is 155 Å². The van der Waals surface area contributed by atoms with Gasteiger partial charge in [-0.3, -0.25) is 52.7 Å². The second-order valence-electron chi connectivity index (χ2n) is 28.3. The van der Waals surface area contributed by atoms with Gasteiger partial charge in [0.25, 0.3) is 23.6 Å². The zero-order chi connectivity index (χ0) is 85.3. The summed E-state index contributed by atoms with van der Waals surface area (Å²) in [6, 6.07) is 24.4. The van der Waals surface area contributed by atoms with Crippen LogP contribution in [0.5, 0.6) is 0 Å². The Kier molecular flexibility index (Phi) is 35.2. The van der Waals surface area contributed by atoms with Crippen molar-refractivity contribution < 1.29 is 76.4 Å². The Balaban J connectivity index is 0.517. The Morgan fingerprint density at radius 2 is 0.941 bits per heavy atom. The molecule has 119 heavy (non-hydrogen) atoms. The maximum atomic E-state index is 13.3. The highest BCUT2D eigenvalue weighted by Gasteiger charge is 2.33. The van der Waals surface area contributed by atoms with Gasteiger partial charge in [-0.15, -0.1) is 0 Å². The molecule has 37 nitrogen and oxygen atoms in total. The lowest BCUT2D eigenvalue weighted by atomic mass is 9.89. The first-order valence-corrected chi connectivity index (χ1v) is 39.5. The second kappa shape index (κ2) is 46.1. The third kappa shape index (κ3) is 29.2. The summed E-state index contributed by atoms with van der Waals surface area (Å²) in [5.41, 5.74) is 6.34. The molecule has 0 saturated heterocycles. The molecule has 0 unspecified atom stereocenters. The van der Waals surface area contributed by atoms with Crippen molar-refractivity contribution >= 4 is 122 Å². The van der Waals surface area contributed by atoms with E-state index in [4.69, 9.17) is 35.3 Å². The summed E-state index contributed by atoms with van der Waals surface area (Å²) in [5.74, 6) is -3.50. The van der Waals surface area contributed by atoms with Crippen LogP contribution in [0.15, 0.2) is 116 Å². The van der Waals surface area contributed by atoms with Crippen molar-refractivity contribution in [3.05, 3.63) is 150 Å². The number of hydrogen-bond acceptors (Lipinski definition) is 21. The fourth-order valence-electron chi connectivity index (χ4n) is 12.8. The van der Waals surface area contributed by atoms with Gasteiger partial charge in [0.2, 0.25) is 53.0 Å². The Morgan fingerprint density at radius 3 is 1.52 bits per heavy atom. The molecule has 1 aliphatic heterocycles. The average Bonchev–Trinajstić information content (AvgIpc) is 1.67. The number of fused-ring (bicyclic) bond motifs is 1. The number of rotatable bonds is 48. The molecule has 1 aliphatic rings. The summed E-state index contributed by atoms with van der Waals surface area (Å²) in [7, 11) is 10.0. The number of nitrogens with one attached hydrogen (secondary N) is 11. The van der Waals surface area contributed by atoms with Crippen LogP contribution in [0.3, 0.4) is 0 Å². The summed E-state index contributed by atoms with van der Waals surface area (Å²) < 4.78 is 35.3. The number of aryl methyl sites for hydroxylation is 5. The van der Waals surface area contributed by atoms with Crippen LogP contribution in [0, 0.1) is 0 Å². The second-order valence-corrected chi connectivity index (χ2v) is 28.8. The van der Waals surface area contributed by atoms with E-state index in [1.54, 1.807) is 69.8 Å². The molecule has 0 radical (unpaired) electrons. The highest BCUT2D eigenvalue weighted by atomic mass is 35.5. The summed E-state index contributed by atoms with van der Waals surface area (Å²) in [6.07, 6.45) is 11.2.